The summed E-state index contributed by atoms with van der Waals surface area (Å²) in [6, 6.07) is 3.16. The lowest BCUT2D eigenvalue weighted by Gasteiger charge is -2.09. The van der Waals surface area contributed by atoms with Crippen molar-refractivity contribution in [1.29, 1.82) is 0 Å². The molecule has 0 fully saturated rings. The summed E-state index contributed by atoms with van der Waals surface area (Å²) in [5.41, 5.74) is -4.14. The maximum Gasteiger partial charge on any atom is 0.441 e. The Morgan fingerprint density at radius 2 is 1.80 bits per heavy atom. The number of rotatable bonds is 7. The molecule has 0 aliphatic rings. The van der Waals surface area contributed by atoms with E-state index in [0.29, 0.717) is 46.6 Å². The molecule has 0 N–H and O–H groups in total. The van der Waals surface area contributed by atoms with Crippen molar-refractivity contribution in [3.8, 4) is 5.75 Å². The fraction of sp³-hybridized carbons (Fsp3) is 0.500. The molecular formula is C12H13Cl2F3OS2. The number of halogens is 5. The van der Waals surface area contributed by atoms with E-state index in [-0.39, 0.29) is 17.5 Å². The Labute approximate surface area is 135 Å². The second-order valence-electron chi connectivity index (χ2n) is 3.94. The molecule has 1 rings (SSSR count). The molecule has 8 heteroatoms. The van der Waals surface area contributed by atoms with E-state index in [1.807, 2.05) is 0 Å². The van der Waals surface area contributed by atoms with E-state index in [9.17, 15) is 13.2 Å². The van der Waals surface area contributed by atoms with Crippen LogP contribution in [0.3, 0.4) is 0 Å². The Morgan fingerprint density at radius 1 is 1.10 bits per heavy atom. The zero-order chi connectivity index (χ0) is 15.2. The molecule has 0 aliphatic heterocycles. The summed E-state index contributed by atoms with van der Waals surface area (Å²) in [5.74, 6) is 0.553. The highest BCUT2D eigenvalue weighted by Gasteiger charge is 2.27. The minimum Gasteiger partial charge on any atom is -0.492 e. The first-order chi connectivity index (χ1) is 9.29. The first-order valence-electron chi connectivity index (χ1n) is 5.81. The van der Waals surface area contributed by atoms with Gasteiger partial charge in [-0.2, -0.15) is 13.2 Å². The number of alkyl halides is 3. The van der Waals surface area contributed by atoms with Gasteiger partial charge in [0.15, 0.2) is 0 Å². The highest BCUT2D eigenvalue weighted by molar-refractivity contribution is 8.00. The third-order valence-corrected chi connectivity index (χ3v) is 4.24. The van der Waals surface area contributed by atoms with Crippen LogP contribution in [-0.4, -0.2) is 17.9 Å². The van der Waals surface area contributed by atoms with Gasteiger partial charge in [0, 0.05) is 10.6 Å². The van der Waals surface area contributed by atoms with Crippen LogP contribution in [0, 0.1) is 0 Å². The minimum atomic E-state index is -4.14. The van der Waals surface area contributed by atoms with Crippen LogP contribution in [0.5, 0.6) is 5.75 Å². The predicted octanol–water partition coefficient (Wildman–Crippen LogP) is 6.08. The standard InChI is InChI=1S/C12H13Cl2F3OS2/c13-8-6-9(14)11(19)7-10(8)18-4-2-1-3-5-20-12(15,16)17/h6-7,19H,1-5H2. The third kappa shape index (κ3) is 7.20. The molecule has 0 aliphatic carbocycles. The fourth-order valence-electron chi connectivity index (χ4n) is 1.38. The Hall–Kier alpha value is 0.0900. The summed E-state index contributed by atoms with van der Waals surface area (Å²) in [4.78, 5) is 0.563. The van der Waals surface area contributed by atoms with Crippen LogP contribution in [0.15, 0.2) is 17.0 Å². The summed E-state index contributed by atoms with van der Waals surface area (Å²) in [7, 11) is 0. The smallest absolute Gasteiger partial charge is 0.441 e. The van der Waals surface area contributed by atoms with Gasteiger partial charge >= 0.3 is 5.51 Å². The van der Waals surface area contributed by atoms with Crippen LogP contribution in [-0.2, 0) is 0 Å². The van der Waals surface area contributed by atoms with Crippen LogP contribution in [0.25, 0.3) is 0 Å². The number of thiol groups is 1. The molecule has 0 bridgehead atoms. The Balaban J connectivity index is 2.20. The first-order valence-corrected chi connectivity index (χ1v) is 8.00. The van der Waals surface area contributed by atoms with E-state index in [1.165, 1.54) is 0 Å². The van der Waals surface area contributed by atoms with Gasteiger partial charge in [0.25, 0.3) is 0 Å². The van der Waals surface area contributed by atoms with E-state index in [4.69, 9.17) is 27.9 Å². The molecule has 0 atom stereocenters. The normalized spacial score (nSPS) is 11.7. The predicted molar refractivity (Wildman–Crippen MR) is 81.6 cm³/mol. The molecule has 20 heavy (non-hydrogen) atoms. The zero-order valence-electron chi connectivity index (χ0n) is 10.3. The van der Waals surface area contributed by atoms with Crippen LogP contribution in [0.1, 0.15) is 19.3 Å². The second-order valence-corrected chi connectivity index (χ2v) is 6.39. The lowest BCUT2D eigenvalue weighted by atomic mass is 10.2. The number of benzene rings is 1. The quantitative estimate of drug-likeness (QED) is 0.463. The van der Waals surface area contributed by atoms with Gasteiger partial charge in [0.2, 0.25) is 0 Å². The van der Waals surface area contributed by atoms with Crippen molar-refractivity contribution in [2.45, 2.75) is 29.7 Å². The van der Waals surface area contributed by atoms with Crippen LogP contribution >= 0.6 is 47.6 Å². The van der Waals surface area contributed by atoms with E-state index in [1.54, 1.807) is 12.1 Å². The highest BCUT2D eigenvalue weighted by Crippen LogP contribution is 2.33. The van der Waals surface area contributed by atoms with Gasteiger partial charge in [-0.3, -0.25) is 0 Å². The van der Waals surface area contributed by atoms with E-state index in [0.717, 1.165) is 0 Å². The van der Waals surface area contributed by atoms with Gasteiger partial charge in [-0.05, 0) is 31.4 Å². The fourth-order valence-corrected chi connectivity index (χ4v) is 2.58. The van der Waals surface area contributed by atoms with Crippen molar-refractivity contribution in [3.63, 3.8) is 0 Å². The molecule has 1 aromatic rings. The van der Waals surface area contributed by atoms with Crippen molar-refractivity contribution in [3.05, 3.63) is 22.2 Å². The second kappa shape index (κ2) is 8.51. The van der Waals surface area contributed by atoms with Crippen molar-refractivity contribution in [1.82, 2.24) is 0 Å². The number of ether oxygens (including phenoxy) is 1. The molecule has 0 saturated carbocycles. The summed E-state index contributed by atoms with van der Waals surface area (Å²) in [6.07, 6.45) is 1.83. The molecule has 1 nitrogen and oxygen atoms in total. The summed E-state index contributed by atoms with van der Waals surface area (Å²) in [5, 5.41) is 0.829. The van der Waals surface area contributed by atoms with Gasteiger partial charge in [0.1, 0.15) is 5.75 Å². The Morgan fingerprint density at radius 3 is 2.45 bits per heavy atom. The molecule has 0 radical (unpaired) electrons. The number of thioether (sulfide) groups is 1. The van der Waals surface area contributed by atoms with Gasteiger partial charge in [-0.1, -0.05) is 35.0 Å². The lowest BCUT2D eigenvalue weighted by molar-refractivity contribution is -0.0328. The topological polar surface area (TPSA) is 9.23 Å². The highest BCUT2D eigenvalue weighted by atomic mass is 35.5. The van der Waals surface area contributed by atoms with Gasteiger partial charge < -0.3 is 4.74 Å². The summed E-state index contributed by atoms with van der Waals surface area (Å²) in [6.45, 7) is 0.394. The summed E-state index contributed by atoms with van der Waals surface area (Å²) >= 11 is 15.9. The van der Waals surface area contributed by atoms with Crippen molar-refractivity contribution in [2.24, 2.45) is 0 Å². The maximum absolute atomic E-state index is 11.9. The first kappa shape index (κ1) is 18.1. The molecule has 0 amide bonds. The molecule has 0 unspecified atom stereocenters. The Kier molecular flexibility index (Phi) is 7.72. The van der Waals surface area contributed by atoms with E-state index in [2.05, 4.69) is 12.6 Å². The van der Waals surface area contributed by atoms with Crippen LogP contribution in [0.4, 0.5) is 13.2 Å². The largest absolute Gasteiger partial charge is 0.492 e. The van der Waals surface area contributed by atoms with Crippen LogP contribution < -0.4 is 4.74 Å². The van der Waals surface area contributed by atoms with Gasteiger partial charge in [-0.25, -0.2) is 0 Å². The monoisotopic (exact) mass is 364 g/mol. The molecule has 114 valence electrons. The van der Waals surface area contributed by atoms with Crippen LogP contribution in [0.2, 0.25) is 10.0 Å². The average Bonchev–Trinajstić information content (AvgIpc) is 2.32. The number of unbranched alkanes of at least 4 members (excludes halogenated alkanes) is 2. The van der Waals surface area contributed by atoms with E-state index >= 15 is 0 Å². The van der Waals surface area contributed by atoms with Gasteiger partial charge in [-0.15, -0.1) is 12.6 Å². The zero-order valence-corrected chi connectivity index (χ0v) is 13.6. The maximum atomic E-state index is 11.9. The lowest BCUT2D eigenvalue weighted by Crippen LogP contribution is -2.02. The van der Waals surface area contributed by atoms with Crippen molar-refractivity contribution in [2.75, 3.05) is 12.4 Å². The Bertz CT molecular complexity index is 441. The molecule has 0 saturated heterocycles. The third-order valence-electron chi connectivity index (χ3n) is 2.31. The average molecular weight is 365 g/mol. The number of hydrogen-bond donors (Lipinski definition) is 1. The van der Waals surface area contributed by atoms with Crippen molar-refractivity contribution >= 4 is 47.6 Å². The molecule has 0 heterocycles. The molecule has 0 spiro atoms. The molecule has 1 aromatic carbocycles. The summed E-state index contributed by atoms with van der Waals surface area (Å²) < 4.78 is 41.1. The minimum absolute atomic E-state index is 0.00730. The number of hydrogen-bond acceptors (Lipinski definition) is 3. The van der Waals surface area contributed by atoms with E-state index < -0.39 is 5.51 Å². The van der Waals surface area contributed by atoms with Gasteiger partial charge in [0.05, 0.1) is 16.7 Å². The van der Waals surface area contributed by atoms with Crippen molar-refractivity contribution < 1.29 is 17.9 Å². The molecular weight excluding hydrogens is 352 g/mol. The molecule has 0 aromatic heterocycles. The SMILES string of the molecule is FC(F)(F)SCCCCCOc1cc(S)c(Cl)cc1Cl.